The largest absolute Gasteiger partial charge is 0.381 e. The number of carbonyl (C=O) groups excluding carboxylic acids is 2. The molecule has 1 aliphatic rings. The zero-order chi connectivity index (χ0) is 24.2. The second-order valence-electron chi connectivity index (χ2n) is 8.09. The van der Waals surface area contributed by atoms with E-state index in [0.29, 0.717) is 42.7 Å². The quantitative estimate of drug-likeness (QED) is 0.603. The van der Waals surface area contributed by atoms with Gasteiger partial charge in [-0.05, 0) is 38.3 Å². The smallest absolute Gasteiger partial charge is 0.328 e. The minimum absolute atomic E-state index is 0.166. The number of amides is 2. The number of hydrogen-bond donors (Lipinski definition) is 2. The summed E-state index contributed by atoms with van der Waals surface area (Å²) in [5, 5.41) is 15.1. The average Bonchev–Trinajstić information content (AvgIpc) is 2.81. The van der Waals surface area contributed by atoms with E-state index in [2.05, 4.69) is 20.6 Å². The Morgan fingerprint density at radius 3 is 2.82 bits per heavy atom. The number of hydrogen-bond acceptors (Lipinski definition) is 7. The highest BCUT2D eigenvalue weighted by Crippen LogP contribution is 2.31. The van der Waals surface area contributed by atoms with Crippen molar-refractivity contribution in [3.05, 3.63) is 40.7 Å². The number of nitrogens with one attached hydrogen (secondary N) is 2. The van der Waals surface area contributed by atoms with Gasteiger partial charge in [-0.1, -0.05) is 0 Å². The number of alkyl halides is 2. The second kappa shape index (κ2) is 9.87. The fraction of sp³-hybridized carbons (Fsp3) is 0.409. The first kappa shape index (κ1) is 24.0. The molecule has 0 fully saturated rings. The van der Waals surface area contributed by atoms with Crippen molar-refractivity contribution in [1.29, 1.82) is 5.26 Å². The molecule has 0 saturated carbocycles. The van der Waals surface area contributed by atoms with E-state index in [9.17, 15) is 23.6 Å². The van der Waals surface area contributed by atoms with Crippen molar-refractivity contribution >= 4 is 29.6 Å². The van der Waals surface area contributed by atoms with E-state index in [-0.39, 0.29) is 17.9 Å². The third kappa shape index (κ3) is 5.40. The summed E-state index contributed by atoms with van der Waals surface area (Å²) >= 11 is 0. The highest BCUT2D eigenvalue weighted by atomic mass is 19.3. The van der Waals surface area contributed by atoms with E-state index in [0.717, 1.165) is 0 Å². The number of fused-ring (bicyclic) bond motifs is 1. The third-order valence-electron chi connectivity index (χ3n) is 5.33. The van der Waals surface area contributed by atoms with Crippen LogP contribution >= 0.6 is 0 Å². The maximum Gasteiger partial charge on any atom is 0.328 e. The molecule has 0 atom stereocenters. The van der Waals surface area contributed by atoms with Crippen LogP contribution in [0.4, 0.5) is 30.9 Å². The first-order valence-electron chi connectivity index (χ1n) is 10.2. The van der Waals surface area contributed by atoms with Crippen LogP contribution in [-0.2, 0) is 11.2 Å². The number of pyridine rings is 2. The average molecular weight is 458 g/mol. The maximum absolute atomic E-state index is 13.2. The summed E-state index contributed by atoms with van der Waals surface area (Å²) < 4.78 is 31.9. The van der Waals surface area contributed by atoms with Crippen molar-refractivity contribution in [2.24, 2.45) is 0 Å². The molecule has 11 heteroatoms. The second-order valence-corrected chi connectivity index (χ2v) is 8.09. The summed E-state index contributed by atoms with van der Waals surface area (Å²) in [6.45, 7) is 4.45. The lowest BCUT2D eigenvalue weighted by atomic mass is 10.0. The van der Waals surface area contributed by atoms with E-state index in [1.165, 1.54) is 23.2 Å². The van der Waals surface area contributed by atoms with E-state index < -0.39 is 29.3 Å². The van der Waals surface area contributed by atoms with Gasteiger partial charge in [0, 0.05) is 38.0 Å². The summed E-state index contributed by atoms with van der Waals surface area (Å²) in [6, 6.07) is 4.22. The predicted molar refractivity (Wildman–Crippen MR) is 118 cm³/mol. The summed E-state index contributed by atoms with van der Waals surface area (Å²) in [5.74, 6) is 0.350. The van der Waals surface area contributed by atoms with Crippen LogP contribution in [0.5, 0.6) is 0 Å². The van der Waals surface area contributed by atoms with Gasteiger partial charge in [0.05, 0.1) is 16.9 Å². The van der Waals surface area contributed by atoms with Crippen LogP contribution in [-0.4, -0.2) is 48.1 Å². The van der Waals surface area contributed by atoms with Crippen molar-refractivity contribution in [1.82, 2.24) is 9.97 Å². The Morgan fingerprint density at radius 2 is 2.18 bits per heavy atom. The molecule has 0 bridgehead atoms. The van der Waals surface area contributed by atoms with Crippen molar-refractivity contribution in [3.8, 4) is 6.07 Å². The van der Waals surface area contributed by atoms with Crippen molar-refractivity contribution in [2.75, 3.05) is 35.7 Å². The molecule has 174 valence electrons. The van der Waals surface area contributed by atoms with Gasteiger partial charge in [-0.2, -0.15) is 5.26 Å². The Hall–Kier alpha value is -3.65. The molecule has 0 spiro atoms. The van der Waals surface area contributed by atoms with E-state index in [1.807, 2.05) is 19.9 Å². The van der Waals surface area contributed by atoms with Crippen LogP contribution in [0.3, 0.4) is 0 Å². The molecule has 9 nitrogen and oxygen atoms in total. The zero-order valence-electron chi connectivity index (χ0n) is 18.5. The normalized spacial score (nSPS) is 13.3. The number of urea groups is 1. The molecule has 0 unspecified atom stereocenters. The van der Waals surface area contributed by atoms with Crippen LogP contribution in [0.2, 0.25) is 0 Å². The summed E-state index contributed by atoms with van der Waals surface area (Å²) in [4.78, 5) is 33.7. The Bertz CT molecular complexity index is 1100. The van der Waals surface area contributed by atoms with Crippen LogP contribution in [0.25, 0.3) is 0 Å². The van der Waals surface area contributed by atoms with Crippen molar-refractivity contribution in [3.63, 3.8) is 0 Å². The number of nitriles is 1. The molecular formula is C22H24F2N6O3. The van der Waals surface area contributed by atoms with E-state index in [4.69, 9.17) is 4.74 Å². The van der Waals surface area contributed by atoms with Crippen molar-refractivity contribution in [2.45, 2.75) is 38.7 Å². The molecule has 0 aromatic carbocycles. The Morgan fingerprint density at radius 1 is 1.42 bits per heavy atom. The minimum atomic E-state index is -2.84. The number of methoxy groups -OCH3 is 1. The minimum Gasteiger partial charge on any atom is -0.381 e. The van der Waals surface area contributed by atoms with Gasteiger partial charge >= 0.3 is 6.03 Å². The molecule has 33 heavy (non-hydrogen) atoms. The molecular weight excluding hydrogens is 434 g/mol. The number of halogens is 2. The van der Waals surface area contributed by atoms with Gasteiger partial charge in [0.1, 0.15) is 23.4 Å². The number of rotatable bonds is 7. The lowest BCUT2D eigenvalue weighted by molar-refractivity contribution is 0.0344. The molecule has 2 amide bonds. The fourth-order valence-corrected chi connectivity index (χ4v) is 3.31. The standard InChI is InChI=1S/C22H24F2N6O3/c1-22(2,33-3)12-27-16-8-18(26-10-14(16)9-25)29-21(32)30-6-4-5-13-7-15(19(23)24)17(11-31)28-20(13)30/h7-8,10-11,19H,4-6,12H2,1-3H3,(H2,26,27,29,32). The Balaban J connectivity index is 1.85. The number of nitrogens with zero attached hydrogens (tertiary/aromatic N) is 4. The Kier molecular flexibility index (Phi) is 7.18. The maximum atomic E-state index is 13.2. The lowest BCUT2D eigenvalue weighted by Crippen LogP contribution is -2.40. The molecule has 0 aliphatic carbocycles. The number of ether oxygens (including phenoxy) is 1. The van der Waals surface area contributed by atoms with Gasteiger partial charge < -0.3 is 10.1 Å². The summed E-state index contributed by atoms with van der Waals surface area (Å²) in [7, 11) is 1.58. The van der Waals surface area contributed by atoms with Crippen molar-refractivity contribution < 1.29 is 23.1 Å². The van der Waals surface area contributed by atoms with Gasteiger partial charge in [-0.25, -0.2) is 23.5 Å². The number of anilines is 3. The predicted octanol–water partition coefficient (Wildman–Crippen LogP) is 3.92. The van der Waals surface area contributed by atoms with Crippen LogP contribution < -0.4 is 15.5 Å². The van der Waals surface area contributed by atoms with Crippen LogP contribution in [0.15, 0.2) is 18.3 Å². The molecule has 2 aromatic heterocycles. The number of aldehydes is 1. The van der Waals surface area contributed by atoms with Gasteiger partial charge in [0.2, 0.25) is 0 Å². The Labute approximate surface area is 189 Å². The number of aromatic nitrogens is 2. The van der Waals surface area contributed by atoms with Gasteiger partial charge in [-0.3, -0.25) is 15.0 Å². The SMILES string of the molecule is COC(C)(C)CNc1cc(NC(=O)N2CCCc3cc(C(F)F)c(C=O)nc32)ncc1C#N. The molecule has 3 heterocycles. The highest BCUT2D eigenvalue weighted by Gasteiger charge is 2.28. The monoisotopic (exact) mass is 458 g/mol. The lowest BCUT2D eigenvalue weighted by Gasteiger charge is -2.29. The number of carbonyl (C=O) groups is 2. The molecule has 3 rings (SSSR count). The van der Waals surface area contributed by atoms with E-state index in [1.54, 1.807) is 7.11 Å². The summed E-state index contributed by atoms with van der Waals surface area (Å²) in [5.41, 5.74) is -0.110. The van der Waals surface area contributed by atoms with E-state index >= 15 is 0 Å². The molecule has 1 aliphatic heterocycles. The highest BCUT2D eigenvalue weighted by molar-refractivity contribution is 6.01. The fourth-order valence-electron chi connectivity index (χ4n) is 3.31. The summed E-state index contributed by atoms with van der Waals surface area (Å²) in [6.07, 6.45) is -0.244. The number of aryl methyl sites for hydroxylation is 1. The van der Waals surface area contributed by atoms with Crippen LogP contribution in [0.1, 0.15) is 53.9 Å². The van der Waals surface area contributed by atoms with Crippen LogP contribution in [0, 0.1) is 11.3 Å². The first-order chi connectivity index (χ1) is 15.7. The van der Waals surface area contributed by atoms with Gasteiger partial charge in [0.15, 0.2) is 6.29 Å². The van der Waals surface area contributed by atoms with Gasteiger partial charge in [-0.15, -0.1) is 0 Å². The first-order valence-corrected chi connectivity index (χ1v) is 10.2. The molecule has 2 N–H and O–H groups in total. The topological polar surface area (TPSA) is 120 Å². The molecule has 0 saturated heterocycles. The zero-order valence-corrected chi connectivity index (χ0v) is 18.5. The third-order valence-corrected chi connectivity index (χ3v) is 5.33. The molecule has 2 aromatic rings. The van der Waals surface area contributed by atoms with Gasteiger partial charge in [0.25, 0.3) is 6.43 Å². The molecule has 0 radical (unpaired) electrons.